The number of esters is 2. The number of hydrogen-bond acceptors (Lipinski definition) is 8. The van der Waals surface area contributed by atoms with E-state index in [1.807, 2.05) is 0 Å². The van der Waals surface area contributed by atoms with Crippen molar-refractivity contribution >= 4 is 17.8 Å². The zero-order valence-corrected chi connectivity index (χ0v) is 20.6. The first-order valence-corrected chi connectivity index (χ1v) is 11.0. The highest BCUT2D eigenvalue weighted by molar-refractivity contribution is 5.98. The normalized spacial score (nSPS) is 13.5. The van der Waals surface area contributed by atoms with E-state index in [0.717, 1.165) is 31.2 Å². The minimum absolute atomic E-state index is 0.0897. The van der Waals surface area contributed by atoms with Gasteiger partial charge in [-0.25, -0.2) is 9.78 Å². The number of halogens is 3. The minimum Gasteiger partial charge on any atom is -0.493 e. The molecular formula is C25H27F3N2O7. The third-order valence-corrected chi connectivity index (χ3v) is 4.94. The number of amides is 1. The third-order valence-electron chi connectivity index (χ3n) is 4.94. The summed E-state index contributed by atoms with van der Waals surface area (Å²) in [6.45, 7) is 7.67. The van der Waals surface area contributed by atoms with Crippen molar-refractivity contribution in [1.29, 1.82) is 0 Å². The molecule has 0 saturated heterocycles. The van der Waals surface area contributed by atoms with Crippen LogP contribution in [0.5, 0.6) is 17.2 Å². The number of ether oxygens (including phenoxy) is 4. The molecular weight excluding hydrogens is 497 g/mol. The Morgan fingerprint density at radius 2 is 1.78 bits per heavy atom. The Kier molecular flexibility index (Phi) is 10.0. The molecule has 0 fully saturated rings. The highest BCUT2D eigenvalue weighted by Gasteiger charge is 2.31. The van der Waals surface area contributed by atoms with Crippen LogP contribution in [-0.2, 0) is 20.5 Å². The van der Waals surface area contributed by atoms with Gasteiger partial charge in [0.25, 0.3) is 5.91 Å². The van der Waals surface area contributed by atoms with Gasteiger partial charge in [0.15, 0.2) is 11.4 Å². The topological polar surface area (TPSA) is 113 Å². The average Bonchev–Trinajstić information content (AvgIpc) is 2.83. The van der Waals surface area contributed by atoms with E-state index < -0.39 is 47.8 Å². The molecule has 200 valence electrons. The number of nitrogens with zero attached hydrogens (tertiary/aromatic N) is 1. The lowest BCUT2D eigenvalue weighted by molar-refractivity contribution is -0.154. The number of methoxy groups -OCH3 is 1. The molecule has 0 aliphatic rings. The van der Waals surface area contributed by atoms with E-state index in [-0.39, 0.29) is 29.4 Å². The summed E-state index contributed by atoms with van der Waals surface area (Å²) in [5.74, 6) is -2.32. The molecule has 9 nitrogen and oxygen atoms in total. The van der Waals surface area contributed by atoms with Crippen molar-refractivity contribution in [2.24, 2.45) is 0 Å². The fourth-order valence-electron chi connectivity index (χ4n) is 3.08. The summed E-state index contributed by atoms with van der Waals surface area (Å²) in [6, 6.07) is 4.33. The molecule has 0 radical (unpaired) electrons. The van der Waals surface area contributed by atoms with Gasteiger partial charge in [0.05, 0.1) is 12.7 Å². The van der Waals surface area contributed by atoms with Crippen LogP contribution in [0.15, 0.2) is 49.2 Å². The first-order valence-electron chi connectivity index (χ1n) is 11.0. The van der Waals surface area contributed by atoms with Crippen LogP contribution in [0.3, 0.4) is 0 Å². The average molecular weight is 524 g/mol. The summed E-state index contributed by atoms with van der Waals surface area (Å²) in [7, 11) is 1.32. The number of alkyl halides is 3. The lowest BCUT2D eigenvalue weighted by Crippen LogP contribution is -2.43. The second kappa shape index (κ2) is 12.7. The Balaban J connectivity index is 2.07. The summed E-state index contributed by atoms with van der Waals surface area (Å²) in [5.41, 5.74) is -1.11. The summed E-state index contributed by atoms with van der Waals surface area (Å²) < 4.78 is 59.6. The molecule has 37 heavy (non-hydrogen) atoms. The predicted octanol–water partition coefficient (Wildman–Crippen LogP) is 4.11. The van der Waals surface area contributed by atoms with E-state index >= 15 is 0 Å². The Morgan fingerprint density at radius 1 is 1.14 bits per heavy atom. The molecule has 1 aromatic carbocycles. The monoisotopic (exact) mass is 524 g/mol. The number of carbonyl (C=O) groups is 3. The first-order chi connectivity index (χ1) is 17.4. The molecule has 1 amide bonds. The lowest BCUT2D eigenvalue weighted by Gasteiger charge is -2.26. The van der Waals surface area contributed by atoms with Gasteiger partial charge in [-0.3, -0.25) is 9.59 Å². The Morgan fingerprint density at radius 3 is 2.32 bits per heavy atom. The number of carbonyl (C=O) groups excluding carboxylic acids is 3. The molecule has 2 rings (SSSR count). The van der Waals surface area contributed by atoms with Gasteiger partial charge in [-0.15, -0.1) is 6.58 Å². The molecule has 2 aromatic rings. The standard InChI is InChI=1S/C25H27F3N2O7/c1-6-7-19(37-18-10-8-17(9-11-18)25(26,27)28)15(3)35-24(33)14(2)30-23(32)21-22(36-16(4)31)20(34-5)12-13-29-21/h6,8-15,19H,1,7H2,2-5H3,(H,30,32)/t14-,15-,19+/m0/s1. The lowest BCUT2D eigenvalue weighted by atomic mass is 10.1. The molecule has 1 N–H and O–H groups in total. The smallest absolute Gasteiger partial charge is 0.416 e. The summed E-state index contributed by atoms with van der Waals surface area (Å²) in [6.07, 6.45) is -3.12. The Bertz CT molecular complexity index is 1120. The molecule has 12 heteroatoms. The number of benzene rings is 1. The van der Waals surface area contributed by atoms with Crippen LogP contribution in [0.1, 0.15) is 43.2 Å². The van der Waals surface area contributed by atoms with E-state index in [0.29, 0.717) is 0 Å². The maximum absolute atomic E-state index is 12.8. The van der Waals surface area contributed by atoms with Gasteiger partial charge in [0, 0.05) is 25.6 Å². The molecule has 3 atom stereocenters. The number of pyridine rings is 1. The number of nitrogens with one attached hydrogen (secondary N) is 1. The summed E-state index contributed by atoms with van der Waals surface area (Å²) in [5, 5.41) is 2.42. The van der Waals surface area contributed by atoms with Crippen molar-refractivity contribution in [2.75, 3.05) is 7.11 Å². The summed E-state index contributed by atoms with van der Waals surface area (Å²) >= 11 is 0. The van der Waals surface area contributed by atoms with E-state index in [2.05, 4.69) is 16.9 Å². The van der Waals surface area contributed by atoms with E-state index in [1.165, 1.54) is 39.3 Å². The SMILES string of the molecule is C=CC[C@@H](Oc1ccc(C(F)(F)F)cc1)[C@H](C)OC(=O)[C@H](C)NC(=O)c1nccc(OC)c1OC(C)=O. The van der Waals surface area contributed by atoms with Crippen LogP contribution in [0, 0.1) is 0 Å². The quantitative estimate of drug-likeness (QED) is 0.345. The number of rotatable bonds is 11. The van der Waals surface area contributed by atoms with Gasteiger partial charge >= 0.3 is 18.1 Å². The molecule has 0 spiro atoms. The second-order valence-electron chi connectivity index (χ2n) is 7.82. The predicted molar refractivity (Wildman–Crippen MR) is 125 cm³/mol. The fraction of sp³-hybridized carbons (Fsp3) is 0.360. The maximum atomic E-state index is 12.8. The van der Waals surface area contributed by atoms with Crippen molar-refractivity contribution in [3.05, 3.63) is 60.4 Å². The molecule has 0 bridgehead atoms. The van der Waals surface area contributed by atoms with Gasteiger partial charge in [0.2, 0.25) is 5.75 Å². The Hall–Kier alpha value is -4.09. The van der Waals surface area contributed by atoms with Crippen molar-refractivity contribution in [2.45, 2.75) is 51.6 Å². The highest BCUT2D eigenvalue weighted by atomic mass is 19.4. The van der Waals surface area contributed by atoms with Gasteiger partial charge in [0.1, 0.15) is 24.0 Å². The van der Waals surface area contributed by atoms with Gasteiger partial charge < -0.3 is 24.3 Å². The number of hydrogen-bond donors (Lipinski definition) is 1. The van der Waals surface area contributed by atoms with E-state index in [4.69, 9.17) is 18.9 Å². The molecule has 1 aromatic heterocycles. The molecule has 0 aliphatic carbocycles. The zero-order valence-electron chi connectivity index (χ0n) is 20.6. The van der Waals surface area contributed by atoms with Gasteiger partial charge in [-0.05, 0) is 38.1 Å². The van der Waals surface area contributed by atoms with E-state index in [1.54, 1.807) is 0 Å². The fourth-order valence-corrected chi connectivity index (χ4v) is 3.08. The molecule has 0 aliphatic heterocycles. The van der Waals surface area contributed by atoms with Crippen LogP contribution in [0.2, 0.25) is 0 Å². The third kappa shape index (κ3) is 8.23. The van der Waals surface area contributed by atoms with Crippen LogP contribution in [0.25, 0.3) is 0 Å². The second-order valence-corrected chi connectivity index (χ2v) is 7.82. The number of aromatic nitrogens is 1. The highest BCUT2D eigenvalue weighted by Crippen LogP contribution is 2.31. The summed E-state index contributed by atoms with van der Waals surface area (Å²) in [4.78, 5) is 40.7. The van der Waals surface area contributed by atoms with Crippen molar-refractivity contribution in [1.82, 2.24) is 10.3 Å². The van der Waals surface area contributed by atoms with E-state index in [9.17, 15) is 27.6 Å². The largest absolute Gasteiger partial charge is 0.493 e. The van der Waals surface area contributed by atoms with Crippen molar-refractivity contribution in [3.8, 4) is 17.2 Å². The van der Waals surface area contributed by atoms with Crippen molar-refractivity contribution in [3.63, 3.8) is 0 Å². The molecule has 0 saturated carbocycles. The first kappa shape index (κ1) is 29.1. The van der Waals surface area contributed by atoms with Crippen LogP contribution >= 0.6 is 0 Å². The zero-order chi connectivity index (χ0) is 27.8. The van der Waals surface area contributed by atoms with Crippen LogP contribution in [0.4, 0.5) is 13.2 Å². The Labute approximate surface area is 211 Å². The van der Waals surface area contributed by atoms with Gasteiger partial charge in [-0.2, -0.15) is 13.2 Å². The maximum Gasteiger partial charge on any atom is 0.416 e. The van der Waals surface area contributed by atoms with Gasteiger partial charge in [-0.1, -0.05) is 6.08 Å². The van der Waals surface area contributed by atoms with Crippen molar-refractivity contribution < 1.29 is 46.5 Å². The molecule has 1 heterocycles. The van der Waals surface area contributed by atoms with Crippen LogP contribution < -0.4 is 19.5 Å². The molecule has 0 unspecified atom stereocenters. The van der Waals surface area contributed by atoms with Crippen LogP contribution in [-0.4, -0.2) is 48.2 Å². The minimum atomic E-state index is -4.48.